The summed E-state index contributed by atoms with van der Waals surface area (Å²) in [5.74, 6) is -0.816. The molecule has 1 aliphatic carbocycles. The summed E-state index contributed by atoms with van der Waals surface area (Å²) in [6.45, 7) is 1.51. The molecule has 132 valence electrons. The van der Waals surface area contributed by atoms with Crippen LogP contribution in [-0.4, -0.2) is 17.9 Å². The zero-order valence-electron chi connectivity index (χ0n) is 13.0. The molecular formula is C16H18BrF3N2O2. The molecule has 1 fully saturated rings. The molecule has 0 saturated heterocycles. The summed E-state index contributed by atoms with van der Waals surface area (Å²) >= 11 is 2.84. The van der Waals surface area contributed by atoms with Gasteiger partial charge < -0.3 is 10.6 Å². The zero-order chi connectivity index (χ0) is 17.9. The first-order valence-corrected chi connectivity index (χ1v) is 8.46. The fourth-order valence-electron chi connectivity index (χ4n) is 2.66. The molecule has 0 aromatic heterocycles. The number of alkyl halides is 3. The highest BCUT2D eigenvalue weighted by molar-refractivity contribution is 9.10. The maximum absolute atomic E-state index is 12.9. The van der Waals surface area contributed by atoms with Gasteiger partial charge in [0.15, 0.2) is 0 Å². The monoisotopic (exact) mass is 406 g/mol. The Morgan fingerprint density at radius 2 is 1.88 bits per heavy atom. The SMILES string of the molecule is CC(NC(=O)C1CCCC1)C(=O)Nc1ccc(Br)c(C(F)(F)F)c1. The molecule has 0 radical (unpaired) electrons. The lowest BCUT2D eigenvalue weighted by Crippen LogP contribution is -2.43. The van der Waals surface area contributed by atoms with Crippen LogP contribution in [0.1, 0.15) is 38.2 Å². The Morgan fingerprint density at radius 3 is 2.46 bits per heavy atom. The van der Waals surface area contributed by atoms with Crippen LogP contribution >= 0.6 is 15.9 Å². The molecule has 1 unspecified atom stereocenters. The number of hydrogen-bond donors (Lipinski definition) is 2. The van der Waals surface area contributed by atoms with E-state index in [1.165, 1.54) is 19.1 Å². The van der Waals surface area contributed by atoms with Crippen LogP contribution in [0.4, 0.5) is 18.9 Å². The molecule has 24 heavy (non-hydrogen) atoms. The number of carbonyl (C=O) groups excluding carboxylic acids is 2. The largest absolute Gasteiger partial charge is 0.417 e. The number of rotatable bonds is 4. The minimum Gasteiger partial charge on any atom is -0.344 e. The second-order valence-electron chi connectivity index (χ2n) is 5.89. The van der Waals surface area contributed by atoms with Gasteiger partial charge in [-0.15, -0.1) is 0 Å². The minimum atomic E-state index is -4.53. The minimum absolute atomic E-state index is 0.0255. The van der Waals surface area contributed by atoms with Gasteiger partial charge in [0.1, 0.15) is 6.04 Å². The van der Waals surface area contributed by atoms with Gasteiger partial charge in [-0.05, 0) is 38.0 Å². The standard InChI is InChI=1S/C16H18BrF3N2O2/c1-9(21-15(24)10-4-2-3-5-10)14(23)22-11-6-7-13(17)12(8-11)16(18,19)20/h6-10H,2-5H2,1H3,(H,21,24)(H,22,23). The number of benzene rings is 1. The lowest BCUT2D eigenvalue weighted by Gasteiger charge is -2.17. The molecule has 1 atom stereocenters. The molecule has 1 aromatic rings. The van der Waals surface area contributed by atoms with Crippen molar-refractivity contribution in [1.29, 1.82) is 0 Å². The average molecular weight is 407 g/mol. The second-order valence-corrected chi connectivity index (χ2v) is 6.75. The predicted molar refractivity (Wildman–Crippen MR) is 87.3 cm³/mol. The van der Waals surface area contributed by atoms with Gasteiger partial charge in [-0.25, -0.2) is 0 Å². The first kappa shape index (κ1) is 18.8. The lowest BCUT2D eigenvalue weighted by molar-refractivity contribution is -0.138. The molecule has 1 aromatic carbocycles. The summed E-state index contributed by atoms with van der Waals surface area (Å²) in [7, 11) is 0. The Kier molecular flexibility index (Phi) is 5.90. The highest BCUT2D eigenvalue weighted by Gasteiger charge is 2.33. The molecule has 8 heteroatoms. The van der Waals surface area contributed by atoms with Crippen molar-refractivity contribution in [3.63, 3.8) is 0 Å². The summed E-state index contributed by atoms with van der Waals surface area (Å²) in [6.07, 6.45) is -0.916. The van der Waals surface area contributed by atoms with Crippen molar-refractivity contribution in [2.75, 3.05) is 5.32 Å². The van der Waals surface area contributed by atoms with Crippen LogP contribution in [0.3, 0.4) is 0 Å². The number of anilines is 1. The van der Waals surface area contributed by atoms with E-state index in [0.717, 1.165) is 31.7 Å². The van der Waals surface area contributed by atoms with Crippen LogP contribution in [0.5, 0.6) is 0 Å². The van der Waals surface area contributed by atoms with Crippen molar-refractivity contribution in [2.45, 2.75) is 44.8 Å². The highest BCUT2D eigenvalue weighted by atomic mass is 79.9. The fourth-order valence-corrected chi connectivity index (χ4v) is 3.13. The maximum atomic E-state index is 12.9. The van der Waals surface area contributed by atoms with E-state index in [1.54, 1.807) is 0 Å². The van der Waals surface area contributed by atoms with Gasteiger partial charge in [-0.3, -0.25) is 9.59 Å². The average Bonchev–Trinajstić information content (AvgIpc) is 3.02. The van der Waals surface area contributed by atoms with E-state index in [4.69, 9.17) is 0 Å². The van der Waals surface area contributed by atoms with E-state index < -0.39 is 23.7 Å². The van der Waals surface area contributed by atoms with Gasteiger partial charge in [0.25, 0.3) is 0 Å². The second kappa shape index (κ2) is 7.55. The summed E-state index contributed by atoms with van der Waals surface area (Å²) < 4.78 is 38.5. The Labute approximate surface area is 146 Å². The fraction of sp³-hybridized carbons (Fsp3) is 0.500. The van der Waals surface area contributed by atoms with Gasteiger partial charge in [-0.1, -0.05) is 28.8 Å². The lowest BCUT2D eigenvalue weighted by atomic mass is 10.1. The van der Waals surface area contributed by atoms with Crippen molar-refractivity contribution in [2.24, 2.45) is 5.92 Å². The molecule has 0 spiro atoms. The zero-order valence-corrected chi connectivity index (χ0v) is 14.6. The quantitative estimate of drug-likeness (QED) is 0.790. The van der Waals surface area contributed by atoms with Crippen LogP contribution in [0.25, 0.3) is 0 Å². The summed E-state index contributed by atoms with van der Waals surface area (Å²) in [4.78, 5) is 24.1. The van der Waals surface area contributed by atoms with Gasteiger partial charge in [-0.2, -0.15) is 13.2 Å². The van der Waals surface area contributed by atoms with Crippen LogP contribution in [0, 0.1) is 5.92 Å². The van der Waals surface area contributed by atoms with E-state index in [9.17, 15) is 22.8 Å². The topological polar surface area (TPSA) is 58.2 Å². The third-order valence-electron chi connectivity index (χ3n) is 4.02. The molecule has 0 bridgehead atoms. The molecule has 2 rings (SSSR count). The van der Waals surface area contributed by atoms with E-state index in [2.05, 4.69) is 26.6 Å². The highest BCUT2D eigenvalue weighted by Crippen LogP contribution is 2.36. The van der Waals surface area contributed by atoms with Gasteiger partial charge in [0, 0.05) is 16.1 Å². The normalized spacial score (nSPS) is 16.7. The van der Waals surface area contributed by atoms with Crippen molar-refractivity contribution in [1.82, 2.24) is 5.32 Å². The van der Waals surface area contributed by atoms with Crippen LogP contribution < -0.4 is 10.6 Å². The number of halogens is 4. The Bertz CT molecular complexity index is 628. The molecule has 2 amide bonds. The number of amides is 2. The summed E-state index contributed by atoms with van der Waals surface area (Å²) in [6, 6.07) is 2.62. The van der Waals surface area contributed by atoms with Gasteiger partial charge in [0.05, 0.1) is 5.56 Å². The van der Waals surface area contributed by atoms with Crippen LogP contribution in [0.2, 0.25) is 0 Å². The maximum Gasteiger partial charge on any atom is 0.417 e. The number of hydrogen-bond acceptors (Lipinski definition) is 2. The Balaban J connectivity index is 1.99. The predicted octanol–water partition coefficient (Wildman–Crippen LogP) is 4.10. The third kappa shape index (κ3) is 4.72. The first-order valence-electron chi connectivity index (χ1n) is 7.66. The number of nitrogens with one attached hydrogen (secondary N) is 2. The molecule has 2 N–H and O–H groups in total. The molecule has 4 nitrogen and oxygen atoms in total. The molecular weight excluding hydrogens is 389 g/mol. The van der Waals surface area contributed by atoms with Crippen molar-refractivity contribution in [3.05, 3.63) is 28.2 Å². The summed E-state index contributed by atoms with van der Waals surface area (Å²) in [5.41, 5.74) is -0.847. The van der Waals surface area contributed by atoms with Crippen molar-refractivity contribution < 1.29 is 22.8 Å². The van der Waals surface area contributed by atoms with Crippen molar-refractivity contribution in [3.8, 4) is 0 Å². The molecule has 0 heterocycles. The third-order valence-corrected chi connectivity index (χ3v) is 4.71. The first-order chi connectivity index (χ1) is 11.2. The Morgan fingerprint density at radius 1 is 1.25 bits per heavy atom. The van der Waals surface area contributed by atoms with Gasteiger partial charge >= 0.3 is 6.18 Å². The van der Waals surface area contributed by atoms with E-state index in [0.29, 0.717) is 0 Å². The van der Waals surface area contributed by atoms with Gasteiger partial charge in [0.2, 0.25) is 11.8 Å². The number of carbonyl (C=O) groups is 2. The van der Waals surface area contributed by atoms with Crippen LogP contribution in [-0.2, 0) is 15.8 Å². The smallest absolute Gasteiger partial charge is 0.344 e. The Hall–Kier alpha value is -1.57. The molecule has 0 aliphatic heterocycles. The molecule has 1 saturated carbocycles. The van der Waals surface area contributed by atoms with E-state index >= 15 is 0 Å². The molecule has 1 aliphatic rings. The van der Waals surface area contributed by atoms with E-state index in [-0.39, 0.29) is 22.0 Å². The van der Waals surface area contributed by atoms with Crippen LogP contribution in [0.15, 0.2) is 22.7 Å². The summed E-state index contributed by atoms with van der Waals surface area (Å²) in [5, 5.41) is 5.02. The van der Waals surface area contributed by atoms with E-state index in [1.807, 2.05) is 0 Å². The van der Waals surface area contributed by atoms with Crippen molar-refractivity contribution >= 4 is 33.4 Å².